The fraction of sp³-hybridized carbons (Fsp3) is 0.0642. The standard InChI is InChI=1S/C27H24O2P.C18H15P.C13H11NO3.3C12H9NO3.C9H9BrO2.C4H3NO2.2CH4.BrH.Li.2H2O/c1-29-27(28)23-13-11-12-22(20-23)21-30(24-14-5-2-6-15-24,25-16-7-3-8-17-25)26-18-9-4-10-19-26;1-4-10-16(11-5-1)19(17-12-6-2-7-13-17)18-14-8-3-9-15-18;1-16-13(15)11-4-2-3-10(7-11)5-6-12-8-17-9-14-12;3*14-12(15)10-3-1-2-9(6-10)4-5-11-7-16-8-13-11;1-12-9(11)8-4-2-3-7(5-8)6-10;6-1-4-2-7-3-5-4;;;;;;/h2-20H,21H2,1H3;1-15H;2-9H,1H3;3*1-8H,(H,14,15);2-5H,6H2,1H3;1-3H;2*1H4;1H;;2*1H2/q+1;;;;;;;;;;;+1;;/p-2/b;;6-5+;2*5-4+;5-4-;;;;;;;;. The summed E-state index contributed by atoms with van der Waals surface area (Å²) >= 11 is 3.31. The van der Waals surface area contributed by atoms with E-state index in [0.717, 1.165) is 50.6 Å². The van der Waals surface area contributed by atoms with Gasteiger partial charge in [-0.05, 0) is 191 Å². The molecule has 17 aromatic rings. The minimum atomic E-state index is -1.99. The number of nitrogens with zero attached hydrogens (tertiary/aromatic N) is 5. The number of ether oxygens (including phenoxy) is 3. The fourth-order valence-corrected chi connectivity index (χ4v) is 19.4. The van der Waals surface area contributed by atoms with Crippen molar-refractivity contribution in [3.05, 3.63) is 486 Å². The molecular weight excluding hydrogens is 1930 g/mol. The molecule has 0 aliphatic heterocycles. The number of aromatic nitrogens is 5. The summed E-state index contributed by atoms with van der Waals surface area (Å²) in [6, 6.07) is 107. The van der Waals surface area contributed by atoms with Crippen molar-refractivity contribution < 1.29 is 132 Å². The van der Waals surface area contributed by atoms with E-state index in [0.29, 0.717) is 45.8 Å². The average Bonchev–Trinajstić information content (AvgIpc) is 1.66. The molecule has 0 aliphatic carbocycles. The second-order valence-electron chi connectivity index (χ2n) is 27.8. The van der Waals surface area contributed by atoms with E-state index >= 15 is 0 Å². The summed E-state index contributed by atoms with van der Waals surface area (Å²) in [7, 11) is 1.73. The van der Waals surface area contributed by atoms with Crippen molar-refractivity contribution in [2.75, 3.05) is 21.3 Å². The zero-order chi connectivity index (χ0) is 94.0. The Morgan fingerprint density at radius 3 is 0.813 bits per heavy atom. The van der Waals surface area contributed by atoms with E-state index in [2.05, 4.69) is 243 Å². The molecular formula is C109H100Br2LiN5O20P2. The van der Waals surface area contributed by atoms with Gasteiger partial charge in [-0.15, -0.1) is 0 Å². The third kappa shape index (κ3) is 37.9. The van der Waals surface area contributed by atoms with Crippen molar-refractivity contribution >= 4 is 154 Å². The second kappa shape index (κ2) is 63.7. The van der Waals surface area contributed by atoms with Crippen LogP contribution in [0.15, 0.2) is 413 Å². The van der Waals surface area contributed by atoms with Gasteiger partial charge in [-0.25, -0.2) is 53.7 Å². The molecule has 30 heteroatoms. The third-order valence-electron chi connectivity index (χ3n) is 18.8. The first-order valence-corrected chi connectivity index (χ1v) is 45.1. The quantitative estimate of drug-likeness (QED) is 0.0126. The monoisotopic (exact) mass is 2030 g/mol. The van der Waals surface area contributed by atoms with Gasteiger partial charge in [0, 0.05) is 5.33 Å². The van der Waals surface area contributed by atoms with Crippen LogP contribution in [0, 0.1) is 0 Å². The van der Waals surface area contributed by atoms with Crippen LogP contribution < -0.4 is 67.7 Å². The van der Waals surface area contributed by atoms with Gasteiger partial charge in [0.25, 0.3) is 0 Å². The van der Waals surface area contributed by atoms with Crippen LogP contribution in [0.3, 0.4) is 0 Å². The number of carbonyl (C=O) groups excluding carboxylic acids is 4. The van der Waals surface area contributed by atoms with Gasteiger partial charge >= 0.3 is 54.7 Å². The molecule has 0 saturated carbocycles. The van der Waals surface area contributed by atoms with Crippen LogP contribution in [0.4, 0.5) is 0 Å². The molecule has 0 aliphatic rings. The van der Waals surface area contributed by atoms with Crippen molar-refractivity contribution in [1.29, 1.82) is 0 Å². The summed E-state index contributed by atoms with van der Waals surface area (Å²) in [5.74, 6) is -3.75. The first-order valence-electron chi connectivity index (χ1n) is 40.6. The number of oxazole rings is 5. The summed E-state index contributed by atoms with van der Waals surface area (Å²) in [6.07, 6.45) is 29.7. The molecule has 139 heavy (non-hydrogen) atoms. The SMILES string of the molecule is C.C.COC(=O)c1cccc(/C=C/c2cocn2)c1.COC(=O)c1cccc(CBr)c1.COC(=O)c1cccc(C[P+](c2ccccc2)(c2ccccc2)c2ccccc2)c1.O.O=C(O)c1cccc(/C=C/c2cocn2)c1.O=C(O)c1cccc(/C=C/c2cocn2)c1.O=C(O)c1cccc(/C=C\c2cocn2)c1.O=Cc1cocn1.[Br-].[Li+].[OH-].c1ccc(P(c2ccccc2)c2ccccc2)cc1. The van der Waals surface area contributed by atoms with Crippen LogP contribution in [0.25, 0.3) is 48.6 Å². The number of methoxy groups -OCH3 is 3. The number of carboxylic acid groups (broad SMARTS) is 3. The number of halogens is 2. The molecule has 0 saturated heterocycles. The normalized spacial score (nSPS) is 10.1. The molecule has 0 fully saturated rings. The van der Waals surface area contributed by atoms with E-state index in [-0.39, 0.29) is 96.2 Å². The van der Waals surface area contributed by atoms with E-state index < -0.39 is 33.1 Å². The van der Waals surface area contributed by atoms with Crippen molar-refractivity contribution in [1.82, 2.24) is 24.9 Å². The molecule has 706 valence electrons. The molecule has 5 heterocycles. The number of carboxylic acids is 3. The van der Waals surface area contributed by atoms with E-state index in [9.17, 15) is 33.6 Å². The van der Waals surface area contributed by atoms with Crippen LogP contribution in [-0.4, -0.2) is 115 Å². The number of esters is 3. The Morgan fingerprint density at radius 2 is 0.568 bits per heavy atom. The largest absolute Gasteiger partial charge is 1.00 e. The molecule has 0 amide bonds. The summed E-state index contributed by atoms with van der Waals surface area (Å²) in [4.78, 5) is 95.7. The Bertz CT molecular complexity index is 6130. The topological polar surface area (TPSA) is 400 Å². The van der Waals surface area contributed by atoms with E-state index in [1.165, 1.54) is 110 Å². The predicted molar refractivity (Wildman–Crippen MR) is 543 cm³/mol. The molecule has 0 unspecified atom stereocenters. The summed E-state index contributed by atoms with van der Waals surface area (Å²) < 4.78 is 37.9. The third-order valence-corrected chi connectivity index (χ3v) is 26.2. The van der Waals surface area contributed by atoms with Gasteiger partial charge in [-0.2, -0.15) is 0 Å². The molecule has 0 radical (unpaired) electrons. The van der Waals surface area contributed by atoms with Gasteiger partial charge in [-0.1, -0.05) is 273 Å². The number of rotatable bonds is 24. The average molecular weight is 2030 g/mol. The number of hydrogen-bond donors (Lipinski definition) is 3. The zero-order valence-corrected chi connectivity index (χ0v) is 79.3. The smallest absolute Gasteiger partial charge is 1.00 e. The summed E-state index contributed by atoms with van der Waals surface area (Å²) in [5.41, 5.74) is 11.2. The Balaban J connectivity index is 0.000000337. The first kappa shape index (κ1) is 116. The molecule has 25 nitrogen and oxygen atoms in total. The Morgan fingerprint density at radius 1 is 0.331 bits per heavy atom. The molecule has 12 aromatic carbocycles. The second-order valence-corrected chi connectivity index (χ2v) is 34.0. The number of benzene rings is 12. The maximum Gasteiger partial charge on any atom is 1.00 e. The summed E-state index contributed by atoms with van der Waals surface area (Å²) in [5, 5.41) is 35.3. The number of aldehydes is 1. The van der Waals surface area contributed by atoms with E-state index in [4.69, 9.17) is 37.7 Å². The van der Waals surface area contributed by atoms with Crippen LogP contribution >= 0.6 is 31.1 Å². The van der Waals surface area contributed by atoms with Crippen molar-refractivity contribution in [3.8, 4) is 0 Å². The van der Waals surface area contributed by atoms with Crippen molar-refractivity contribution in [3.63, 3.8) is 0 Å². The molecule has 0 bridgehead atoms. The van der Waals surface area contributed by atoms with Gasteiger partial charge in [0.1, 0.15) is 83.0 Å². The van der Waals surface area contributed by atoms with Gasteiger partial charge in [0.15, 0.2) is 38.3 Å². The number of alkyl halides is 1. The Hall–Kier alpha value is -15.5. The van der Waals surface area contributed by atoms with Gasteiger partial charge < -0.3 is 79.5 Å². The van der Waals surface area contributed by atoms with E-state index in [1.54, 1.807) is 134 Å². The number of hydrogen-bond acceptors (Lipinski definition) is 21. The maximum absolute atomic E-state index is 12.1. The number of carbonyl (C=O) groups is 7. The zero-order valence-electron chi connectivity index (χ0n) is 74.4. The van der Waals surface area contributed by atoms with Gasteiger partial charge in [0.2, 0.25) is 0 Å². The van der Waals surface area contributed by atoms with Crippen molar-refractivity contribution in [2.45, 2.75) is 26.3 Å². The fourth-order valence-electron chi connectivity index (χ4n) is 12.5. The first-order chi connectivity index (χ1) is 64.9. The molecule has 0 spiro atoms. The minimum Gasteiger partial charge on any atom is -1.00 e. The molecule has 0 atom stereocenters. The Kier molecular flexibility index (Phi) is 53.0. The van der Waals surface area contributed by atoms with E-state index in [1.807, 2.05) is 60.7 Å². The molecule has 17 rings (SSSR count). The number of aromatic carboxylic acids is 3. The van der Waals surface area contributed by atoms with Crippen LogP contribution in [-0.2, 0) is 25.7 Å². The molecule has 6 N–H and O–H groups in total. The van der Waals surface area contributed by atoms with Gasteiger partial charge in [0.05, 0.1) is 60.9 Å². The Labute approximate surface area is 838 Å². The van der Waals surface area contributed by atoms with Crippen LogP contribution in [0.1, 0.15) is 144 Å². The molecule has 5 aromatic heterocycles. The van der Waals surface area contributed by atoms with Gasteiger partial charge in [-0.3, -0.25) is 4.79 Å². The minimum absolute atomic E-state index is 0. The van der Waals surface area contributed by atoms with Crippen LogP contribution in [0.5, 0.6) is 0 Å². The van der Waals surface area contributed by atoms with Crippen LogP contribution in [0.2, 0.25) is 0 Å². The summed E-state index contributed by atoms with van der Waals surface area (Å²) in [6.45, 7) is 0. The maximum atomic E-state index is 12.1. The predicted octanol–water partition coefficient (Wildman–Crippen LogP) is 15.8. The van der Waals surface area contributed by atoms with Crippen molar-refractivity contribution in [2.24, 2.45) is 0 Å².